The van der Waals surface area contributed by atoms with Crippen LogP contribution in [0.4, 0.5) is 0 Å². The van der Waals surface area contributed by atoms with Gasteiger partial charge in [-0.3, -0.25) is 9.69 Å². The van der Waals surface area contributed by atoms with E-state index in [2.05, 4.69) is 34.4 Å². The standard InChI is InChI=1S/C20H25N3O3/c1-13(14-5-3-2-4-6-14)23-10-16(12-24)18(11-23)21-20(25)17-9-19(26-22-17)15-7-8-15/h2-6,9,13,15-16,18,24H,7-8,10-12H2,1H3,(H,21,25)/t13?,16-,18+/m0/s1. The smallest absolute Gasteiger partial charge is 0.273 e. The summed E-state index contributed by atoms with van der Waals surface area (Å²) in [7, 11) is 0. The van der Waals surface area contributed by atoms with Crippen molar-refractivity contribution in [1.29, 1.82) is 0 Å². The molecule has 2 aliphatic rings. The quantitative estimate of drug-likeness (QED) is 0.831. The maximum absolute atomic E-state index is 12.5. The van der Waals surface area contributed by atoms with Gasteiger partial charge in [0.2, 0.25) is 0 Å². The molecule has 138 valence electrons. The molecule has 6 heteroatoms. The van der Waals surface area contributed by atoms with E-state index in [9.17, 15) is 9.90 Å². The van der Waals surface area contributed by atoms with Crippen LogP contribution in [-0.2, 0) is 0 Å². The molecule has 4 rings (SSSR count). The Labute approximate surface area is 153 Å². The normalized spacial score (nSPS) is 24.5. The van der Waals surface area contributed by atoms with Crippen molar-refractivity contribution < 1.29 is 14.4 Å². The minimum absolute atomic E-state index is 0.0138. The molecule has 1 saturated carbocycles. The lowest BCUT2D eigenvalue weighted by Crippen LogP contribution is -2.41. The molecule has 2 fully saturated rings. The summed E-state index contributed by atoms with van der Waals surface area (Å²) in [6.07, 6.45) is 2.22. The van der Waals surface area contributed by atoms with E-state index in [1.54, 1.807) is 6.07 Å². The van der Waals surface area contributed by atoms with Crippen molar-refractivity contribution in [3.63, 3.8) is 0 Å². The SMILES string of the molecule is CC(c1ccccc1)N1C[C@@H](CO)[C@H](NC(=O)c2cc(C3CC3)on2)C1. The average molecular weight is 355 g/mol. The Balaban J connectivity index is 1.41. The van der Waals surface area contributed by atoms with Crippen LogP contribution in [0.2, 0.25) is 0 Å². The Bertz CT molecular complexity index is 757. The Morgan fingerprint density at radius 2 is 2.12 bits per heavy atom. The predicted octanol–water partition coefficient (Wildman–Crippen LogP) is 2.34. The second-order valence-corrected chi connectivity index (χ2v) is 7.45. The highest BCUT2D eigenvalue weighted by molar-refractivity contribution is 5.92. The van der Waals surface area contributed by atoms with Crippen molar-refractivity contribution in [2.24, 2.45) is 5.92 Å². The fourth-order valence-electron chi connectivity index (χ4n) is 3.71. The lowest BCUT2D eigenvalue weighted by Gasteiger charge is -2.24. The molecule has 1 aliphatic carbocycles. The third-order valence-electron chi connectivity index (χ3n) is 5.59. The Hall–Kier alpha value is -2.18. The molecule has 1 aromatic carbocycles. The molecular weight excluding hydrogens is 330 g/mol. The molecule has 1 saturated heterocycles. The van der Waals surface area contributed by atoms with Gasteiger partial charge in [-0.1, -0.05) is 35.5 Å². The van der Waals surface area contributed by atoms with E-state index in [0.29, 0.717) is 18.2 Å². The number of aliphatic hydroxyl groups is 1. The van der Waals surface area contributed by atoms with Crippen LogP contribution in [0.1, 0.15) is 53.5 Å². The van der Waals surface area contributed by atoms with E-state index < -0.39 is 0 Å². The van der Waals surface area contributed by atoms with Gasteiger partial charge in [-0.2, -0.15) is 0 Å². The molecule has 26 heavy (non-hydrogen) atoms. The second kappa shape index (κ2) is 7.21. The Morgan fingerprint density at radius 3 is 2.81 bits per heavy atom. The van der Waals surface area contributed by atoms with Gasteiger partial charge in [-0.25, -0.2) is 0 Å². The van der Waals surface area contributed by atoms with Gasteiger partial charge in [0.1, 0.15) is 5.76 Å². The van der Waals surface area contributed by atoms with E-state index in [1.165, 1.54) is 5.56 Å². The molecule has 0 bridgehead atoms. The fraction of sp³-hybridized carbons (Fsp3) is 0.500. The average Bonchev–Trinajstić information content (AvgIpc) is 3.26. The molecule has 0 spiro atoms. The van der Waals surface area contributed by atoms with Crippen LogP contribution in [0, 0.1) is 5.92 Å². The lowest BCUT2D eigenvalue weighted by atomic mass is 10.1. The largest absolute Gasteiger partial charge is 0.396 e. The van der Waals surface area contributed by atoms with Crippen LogP contribution in [0.25, 0.3) is 0 Å². The molecule has 6 nitrogen and oxygen atoms in total. The molecule has 1 aliphatic heterocycles. The van der Waals surface area contributed by atoms with E-state index in [-0.39, 0.29) is 30.5 Å². The third kappa shape index (κ3) is 3.52. The first kappa shape index (κ1) is 17.2. The number of likely N-dealkylation sites (tertiary alicyclic amines) is 1. The fourth-order valence-corrected chi connectivity index (χ4v) is 3.71. The number of hydrogen-bond donors (Lipinski definition) is 2. The number of nitrogens with one attached hydrogen (secondary N) is 1. The monoisotopic (exact) mass is 355 g/mol. The van der Waals surface area contributed by atoms with Gasteiger partial charge in [0.15, 0.2) is 5.69 Å². The summed E-state index contributed by atoms with van der Waals surface area (Å²) in [4.78, 5) is 14.8. The number of aliphatic hydroxyl groups excluding tert-OH is 1. The van der Waals surface area contributed by atoms with Gasteiger partial charge < -0.3 is 14.9 Å². The van der Waals surface area contributed by atoms with E-state index in [4.69, 9.17) is 4.52 Å². The van der Waals surface area contributed by atoms with Gasteiger partial charge >= 0.3 is 0 Å². The predicted molar refractivity (Wildman–Crippen MR) is 96.7 cm³/mol. The highest BCUT2D eigenvalue weighted by Crippen LogP contribution is 2.40. The summed E-state index contributed by atoms with van der Waals surface area (Å²) in [6, 6.07) is 12.2. The summed E-state index contributed by atoms with van der Waals surface area (Å²) >= 11 is 0. The second-order valence-electron chi connectivity index (χ2n) is 7.45. The molecule has 2 N–H and O–H groups in total. The number of amides is 1. The topological polar surface area (TPSA) is 78.6 Å². The number of aromatic nitrogens is 1. The minimum atomic E-state index is -0.224. The zero-order valence-electron chi connectivity index (χ0n) is 15.0. The van der Waals surface area contributed by atoms with Gasteiger partial charge in [0.05, 0.1) is 0 Å². The zero-order valence-corrected chi connectivity index (χ0v) is 15.0. The molecule has 1 amide bonds. The Morgan fingerprint density at radius 1 is 1.35 bits per heavy atom. The summed E-state index contributed by atoms with van der Waals surface area (Å²) < 4.78 is 5.27. The molecule has 2 heterocycles. The van der Waals surface area contributed by atoms with Crippen molar-refractivity contribution in [3.05, 3.63) is 53.4 Å². The first-order chi connectivity index (χ1) is 12.7. The lowest BCUT2D eigenvalue weighted by molar-refractivity contribution is 0.0911. The number of benzene rings is 1. The van der Waals surface area contributed by atoms with Gasteiger partial charge in [-0.05, 0) is 25.3 Å². The molecule has 3 atom stereocenters. The highest BCUT2D eigenvalue weighted by Gasteiger charge is 2.36. The number of nitrogens with zero attached hydrogens (tertiary/aromatic N) is 2. The number of carbonyl (C=O) groups excluding carboxylic acids is 1. The van der Waals surface area contributed by atoms with Gasteiger partial charge in [0.25, 0.3) is 5.91 Å². The van der Waals surface area contributed by atoms with E-state index in [0.717, 1.165) is 25.1 Å². The van der Waals surface area contributed by atoms with Crippen LogP contribution in [0.3, 0.4) is 0 Å². The first-order valence-electron chi connectivity index (χ1n) is 9.33. The number of carbonyl (C=O) groups is 1. The van der Waals surface area contributed by atoms with Crippen LogP contribution < -0.4 is 5.32 Å². The van der Waals surface area contributed by atoms with Crippen LogP contribution in [-0.4, -0.2) is 46.8 Å². The summed E-state index contributed by atoms with van der Waals surface area (Å²) in [5.41, 5.74) is 1.57. The molecular formula is C20H25N3O3. The van der Waals surface area contributed by atoms with Crippen LogP contribution in [0.15, 0.2) is 40.9 Å². The first-order valence-corrected chi connectivity index (χ1v) is 9.33. The van der Waals surface area contributed by atoms with Crippen LogP contribution >= 0.6 is 0 Å². The number of rotatable bonds is 6. The maximum Gasteiger partial charge on any atom is 0.273 e. The third-order valence-corrected chi connectivity index (χ3v) is 5.59. The van der Waals surface area contributed by atoms with Crippen molar-refractivity contribution in [1.82, 2.24) is 15.4 Å². The minimum Gasteiger partial charge on any atom is -0.396 e. The summed E-state index contributed by atoms with van der Waals surface area (Å²) in [5.74, 6) is 1.03. The van der Waals surface area contributed by atoms with Gasteiger partial charge in [0, 0.05) is 49.7 Å². The molecule has 1 aromatic heterocycles. The highest BCUT2D eigenvalue weighted by atomic mass is 16.5. The summed E-state index contributed by atoms with van der Waals surface area (Å²) in [6.45, 7) is 3.67. The van der Waals surface area contributed by atoms with Crippen molar-refractivity contribution in [2.45, 2.75) is 37.8 Å². The Kier molecular flexibility index (Phi) is 4.78. The molecule has 0 radical (unpaired) electrons. The van der Waals surface area contributed by atoms with Crippen molar-refractivity contribution in [3.8, 4) is 0 Å². The van der Waals surface area contributed by atoms with Crippen molar-refractivity contribution in [2.75, 3.05) is 19.7 Å². The maximum atomic E-state index is 12.5. The number of hydrogen-bond acceptors (Lipinski definition) is 5. The summed E-state index contributed by atoms with van der Waals surface area (Å²) in [5, 5.41) is 16.7. The van der Waals surface area contributed by atoms with E-state index >= 15 is 0 Å². The van der Waals surface area contributed by atoms with Gasteiger partial charge in [-0.15, -0.1) is 0 Å². The molecule has 2 aromatic rings. The van der Waals surface area contributed by atoms with Crippen molar-refractivity contribution >= 4 is 5.91 Å². The molecule has 1 unspecified atom stereocenters. The van der Waals surface area contributed by atoms with E-state index in [1.807, 2.05) is 18.2 Å². The zero-order chi connectivity index (χ0) is 18.1. The van der Waals surface area contributed by atoms with Crippen LogP contribution in [0.5, 0.6) is 0 Å².